The number of carboxylic acid groups (broad SMARTS) is 1. The highest BCUT2D eigenvalue weighted by Crippen LogP contribution is 2.29. The molecule has 0 fully saturated rings. The fourth-order valence-corrected chi connectivity index (χ4v) is 1.87. The van der Waals surface area contributed by atoms with Crippen LogP contribution in [-0.2, 0) is 16.1 Å². The largest absolute Gasteiger partial charge is 0.479 e. The third-order valence-electron chi connectivity index (χ3n) is 2.48. The van der Waals surface area contributed by atoms with Crippen molar-refractivity contribution in [2.24, 2.45) is 0 Å². The van der Waals surface area contributed by atoms with Gasteiger partial charge in [0.05, 0.1) is 11.5 Å². The molecule has 1 unspecified atom stereocenters. The highest BCUT2D eigenvalue weighted by Gasteiger charge is 2.31. The first-order valence-corrected chi connectivity index (χ1v) is 6.92. The van der Waals surface area contributed by atoms with Crippen molar-refractivity contribution in [2.45, 2.75) is 23.2 Å². The standard InChI is InChI=1S/C12H13BrClNO5/c13-12(14,11(16)17)5-2-6-20-8-9-3-1-4-10(7-9)15(18)19/h1,3-4,7H,2,5-6,8H2,(H,16,17). The number of alkyl halides is 2. The molecule has 1 N–H and O–H groups in total. The monoisotopic (exact) mass is 365 g/mol. The topological polar surface area (TPSA) is 89.7 Å². The zero-order valence-electron chi connectivity index (χ0n) is 10.4. The van der Waals surface area contributed by atoms with Crippen LogP contribution in [0.15, 0.2) is 24.3 Å². The summed E-state index contributed by atoms with van der Waals surface area (Å²) < 4.78 is 3.86. The SMILES string of the molecule is O=C(O)C(Cl)(Br)CCCOCc1cccc([N+](=O)[O-])c1. The maximum atomic E-state index is 10.7. The van der Waals surface area contributed by atoms with Crippen LogP contribution in [0.3, 0.4) is 0 Å². The molecule has 1 aromatic rings. The fourth-order valence-electron chi connectivity index (χ4n) is 1.45. The van der Waals surface area contributed by atoms with Crippen LogP contribution in [0, 0.1) is 10.1 Å². The van der Waals surface area contributed by atoms with E-state index in [0.717, 1.165) is 0 Å². The summed E-state index contributed by atoms with van der Waals surface area (Å²) in [5.41, 5.74) is 0.700. The minimum Gasteiger partial charge on any atom is -0.479 e. The lowest BCUT2D eigenvalue weighted by atomic mass is 10.2. The molecule has 1 rings (SSSR count). The Morgan fingerprint density at radius 1 is 1.55 bits per heavy atom. The Kier molecular flexibility index (Phi) is 6.38. The summed E-state index contributed by atoms with van der Waals surface area (Å²) in [6.45, 7) is 0.544. The molecule has 0 aromatic heterocycles. The van der Waals surface area contributed by atoms with Gasteiger partial charge in [-0.05, 0) is 18.4 Å². The van der Waals surface area contributed by atoms with Gasteiger partial charge in [0.15, 0.2) is 3.78 Å². The normalized spacial score (nSPS) is 13.7. The van der Waals surface area contributed by atoms with Crippen LogP contribution in [0.1, 0.15) is 18.4 Å². The van der Waals surface area contributed by atoms with Gasteiger partial charge < -0.3 is 9.84 Å². The van der Waals surface area contributed by atoms with Gasteiger partial charge in [-0.1, -0.05) is 39.7 Å². The molecule has 1 atom stereocenters. The molecule has 0 saturated carbocycles. The van der Waals surface area contributed by atoms with Crippen LogP contribution >= 0.6 is 27.5 Å². The van der Waals surface area contributed by atoms with E-state index in [4.69, 9.17) is 21.4 Å². The molecular weight excluding hydrogens is 353 g/mol. The predicted molar refractivity (Wildman–Crippen MR) is 77.1 cm³/mol. The summed E-state index contributed by atoms with van der Waals surface area (Å²) in [4.78, 5) is 20.8. The molecule has 8 heteroatoms. The van der Waals surface area contributed by atoms with Gasteiger partial charge >= 0.3 is 5.97 Å². The van der Waals surface area contributed by atoms with E-state index in [-0.39, 0.29) is 18.7 Å². The Morgan fingerprint density at radius 2 is 2.25 bits per heavy atom. The van der Waals surface area contributed by atoms with E-state index >= 15 is 0 Å². The predicted octanol–water partition coefficient (Wildman–Crippen LogP) is 3.31. The maximum absolute atomic E-state index is 10.7. The molecule has 0 amide bonds. The summed E-state index contributed by atoms with van der Waals surface area (Å²) in [5.74, 6) is -1.14. The van der Waals surface area contributed by atoms with Gasteiger partial charge in [0.1, 0.15) is 0 Å². The molecule has 0 heterocycles. The number of carboxylic acids is 1. The molecule has 20 heavy (non-hydrogen) atoms. The molecule has 1 aromatic carbocycles. The summed E-state index contributed by atoms with van der Waals surface area (Å²) >= 11 is 8.61. The molecule has 0 aliphatic carbocycles. The Bertz CT molecular complexity index is 494. The molecule has 110 valence electrons. The van der Waals surface area contributed by atoms with Crippen molar-refractivity contribution in [1.29, 1.82) is 0 Å². The highest BCUT2D eigenvalue weighted by atomic mass is 79.9. The number of ether oxygens (including phenoxy) is 1. The lowest BCUT2D eigenvalue weighted by Gasteiger charge is -2.13. The van der Waals surface area contributed by atoms with Crippen molar-refractivity contribution in [3.63, 3.8) is 0 Å². The van der Waals surface area contributed by atoms with Gasteiger partial charge in [-0.3, -0.25) is 10.1 Å². The molecule has 0 aliphatic rings. The van der Waals surface area contributed by atoms with E-state index < -0.39 is 14.7 Å². The van der Waals surface area contributed by atoms with Crippen molar-refractivity contribution in [3.05, 3.63) is 39.9 Å². The zero-order chi connectivity index (χ0) is 15.2. The molecule has 0 bridgehead atoms. The molecule has 0 radical (unpaired) electrons. The summed E-state index contributed by atoms with van der Waals surface area (Å²) in [6.07, 6.45) is 0.662. The second kappa shape index (κ2) is 7.56. The number of hydrogen-bond donors (Lipinski definition) is 1. The number of halogens is 2. The molecule has 6 nitrogen and oxygen atoms in total. The first-order chi connectivity index (χ1) is 9.33. The highest BCUT2D eigenvalue weighted by molar-refractivity contribution is 9.10. The zero-order valence-corrected chi connectivity index (χ0v) is 12.8. The summed E-state index contributed by atoms with van der Waals surface area (Å²) in [6, 6.07) is 6.15. The first-order valence-electron chi connectivity index (χ1n) is 5.75. The second-order valence-corrected chi connectivity index (χ2v) is 6.55. The Hall–Kier alpha value is -1.18. The number of aliphatic carboxylic acids is 1. The number of non-ortho nitro benzene ring substituents is 1. The van der Waals surface area contributed by atoms with Crippen molar-refractivity contribution >= 4 is 39.2 Å². The van der Waals surface area contributed by atoms with Crippen molar-refractivity contribution in [2.75, 3.05) is 6.61 Å². The average molecular weight is 367 g/mol. The van der Waals surface area contributed by atoms with Gasteiger partial charge in [-0.15, -0.1) is 0 Å². The van der Waals surface area contributed by atoms with E-state index in [1.54, 1.807) is 12.1 Å². The number of nitrogens with zero attached hydrogens (tertiary/aromatic N) is 1. The lowest BCUT2D eigenvalue weighted by molar-refractivity contribution is -0.384. The Labute approximate surface area is 129 Å². The Balaban J connectivity index is 2.33. The number of benzene rings is 1. The van der Waals surface area contributed by atoms with Crippen LogP contribution in [0.2, 0.25) is 0 Å². The fraction of sp³-hybridized carbons (Fsp3) is 0.417. The molecule has 0 aliphatic heterocycles. The van der Waals surface area contributed by atoms with Crippen LogP contribution in [-0.4, -0.2) is 26.4 Å². The number of nitro benzene ring substituents is 1. The Morgan fingerprint density at radius 3 is 2.85 bits per heavy atom. The minimum absolute atomic E-state index is 0.0113. The van der Waals surface area contributed by atoms with E-state index in [1.165, 1.54) is 12.1 Å². The molecule has 0 spiro atoms. The van der Waals surface area contributed by atoms with Crippen molar-refractivity contribution < 1.29 is 19.6 Å². The first kappa shape index (κ1) is 16.9. The number of rotatable bonds is 8. The van der Waals surface area contributed by atoms with E-state index in [0.29, 0.717) is 18.6 Å². The summed E-state index contributed by atoms with van der Waals surface area (Å²) in [7, 11) is 0. The number of nitro groups is 1. The third-order valence-corrected chi connectivity index (χ3v) is 3.57. The van der Waals surface area contributed by atoms with E-state index in [9.17, 15) is 14.9 Å². The van der Waals surface area contributed by atoms with Gasteiger partial charge in [0.25, 0.3) is 5.69 Å². The van der Waals surface area contributed by atoms with E-state index in [1.807, 2.05) is 0 Å². The smallest absolute Gasteiger partial charge is 0.335 e. The van der Waals surface area contributed by atoms with Crippen molar-refractivity contribution in [3.8, 4) is 0 Å². The quantitative estimate of drug-likeness (QED) is 0.330. The van der Waals surface area contributed by atoms with Crippen molar-refractivity contribution in [1.82, 2.24) is 0 Å². The van der Waals surface area contributed by atoms with Crippen LogP contribution in [0.4, 0.5) is 5.69 Å². The maximum Gasteiger partial charge on any atom is 0.335 e. The summed E-state index contributed by atoms with van der Waals surface area (Å²) in [5, 5.41) is 19.4. The van der Waals surface area contributed by atoms with Gasteiger partial charge in [-0.2, -0.15) is 0 Å². The van der Waals surface area contributed by atoms with E-state index in [2.05, 4.69) is 15.9 Å². The van der Waals surface area contributed by atoms with Gasteiger partial charge in [0.2, 0.25) is 0 Å². The number of carbonyl (C=O) groups is 1. The van der Waals surface area contributed by atoms with Crippen LogP contribution < -0.4 is 0 Å². The van der Waals surface area contributed by atoms with Crippen LogP contribution in [0.25, 0.3) is 0 Å². The molecular formula is C12H13BrClNO5. The number of hydrogen-bond acceptors (Lipinski definition) is 4. The van der Waals surface area contributed by atoms with Gasteiger partial charge in [0, 0.05) is 18.7 Å². The molecule has 0 saturated heterocycles. The second-order valence-electron chi connectivity index (χ2n) is 4.09. The average Bonchev–Trinajstić information content (AvgIpc) is 2.38. The third kappa shape index (κ3) is 5.44. The lowest BCUT2D eigenvalue weighted by Crippen LogP contribution is -2.25. The van der Waals surface area contributed by atoms with Crippen LogP contribution in [0.5, 0.6) is 0 Å². The minimum atomic E-state index is -1.47. The van der Waals surface area contributed by atoms with Gasteiger partial charge in [-0.25, -0.2) is 4.79 Å².